The Morgan fingerprint density at radius 2 is 1.91 bits per heavy atom. The third kappa shape index (κ3) is 2.02. The van der Waals surface area contributed by atoms with Gasteiger partial charge in [-0.3, -0.25) is 5.10 Å². The van der Waals surface area contributed by atoms with Crippen LogP contribution in [-0.2, 0) is 0 Å². The average Bonchev–Trinajstić information content (AvgIpc) is 3.18. The predicted octanol–water partition coefficient (Wildman–Crippen LogP) is 3.47. The molecule has 1 aliphatic carbocycles. The van der Waals surface area contributed by atoms with E-state index in [2.05, 4.69) is 10.2 Å². The summed E-state index contributed by atoms with van der Waals surface area (Å²) in [6.45, 7) is 0. The van der Waals surface area contributed by atoms with Crippen LogP contribution in [0.3, 0.4) is 0 Å². The number of halogens is 1. The van der Waals surface area contributed by atoms with E-state index in [9.17, 15) is 4.79 Å². The number of H-pyrrole nitrogens is 1. The molecule has 1 aromatic carbocycles. The number of rotatable bonds is 2. The number of carbonyl (C=O) groups is 1. The van der Waals surface area contributed by atoms with E-state index in [0.29, 0.717) is 27.8 Å². The van der Waals surface area contributed by atoms with Gasteiger partial charge >= 0.3 is 5.97 Å². The molecule has 2 aliphatic rings. The first-order valence-electron chi connectivity index (χ1n) is 7.07. The summed E-state index contributed by atoms with van der Waals surface area (Å²) in [5.41, 5.74) is 1.08. The molecule has 1 fully saturated rings. The molecule has 7 heteroatoms. The SMILES string of the molecule is O=C(O)c1cc(-c2cc3c(cc2Cl)OC2(CCCC2)O3)n[nH]1. The van der Waals surface area contributed by atoms with Gasteiger partial charge in [-0.15, -0.1) is 0 Å². The van der Waals surface area contributed by atoms with Gasteiger partial charge in [0.15, 0.2) is 11.5 Å². The number of nitrogens with zero attached hydrogens (tertiary/aromatic N) is 1. The van der Waals surface area contributed by atoms with Gasteiger partial charge in [0.2, 0.25) is 0 Å². The van der Waals surface area contributed by atoms with Gasteiger partial charge in [0.1, 0.15) is 5.69 Å². The maximum Gasteiger partial charge on any atom is 0.353 e. The largest absolute Gasteiger partial charge is 0.477 e. The third-order valence-corrected chi connectivity index (χ3v) is 4.39. The molecular weight excluding hydrogens is 308 g/mol. The van der Waals surface area contributed by atoms with E-state index in [-0.39, 0.29) is 5.69 Å². The number of aromatic amines is 1. The van der Waals surface area contributed by atoms with E-state index in [1.54, 1.807) is 12.1 Å². The van der Waals surface area contributed by atoms with Gasteiger partial charge in [-0.2, -0.15) is 5.10 Å². The monoisotopic (exact) mass is 320 g/mol. The fraction of sp³-hybridized carbons (Fsp3) is 0.333. The average molecular weight is 321 g/mol. The summed E-state index contributed by atoms with van der Waals surface area (Å²) >= 11 is 6.29. The first kappa shape index (κ1) is 13.5. The number of aromatic nitrogens is 2. The lowest BCUT2D eigenvalue weighted by atomic mass is 10.1. The first-order chi connectivity index (χ1) is 10.6. The highest BCUT2D eigenvalue weighted by Gasteiger charge is 2.44. The molecule has 0 bridgehead atoms. The molecule has 6 nitrogen and oxygen atoms in total. The molecule has 1 saturated carbocycles. The van der Waals surface area contributed by atoms with E-state index in [1.165, 1.54) is 6.07 Å². The lowest BCUT2D eigenvalue weighted by molar-refractivity contribution is -0.0716. The number of carboxylic acid groups (broad SMARTS) is 1. The summed E-state index contributed by atoms with van der Waals surface area (Å²) in [7, 11) is 0. The summed E-state index contributed by atoms with van der Waals surface area (Å²) < 4.78 is 11.9. The van der Waals surface area contributed by atoms with E-state index < -0.39 is 11.8 Å². The second-order valence-electron chi connectivity index (χ2n) is 5.57. The van der Waals surface area contributed by atoms with Gasteiger partial charge in [0.25, 0.3) is 5.79 Å². The Bertz CT molecular complexity index is 765. The van der Waals surface area contributed by atoms with Gasteiger partial charge in [-0.1, -0.05) is 11.6 Å². The van der Waals surface area contributed by atoms with E-state index in [0.717, 1.165) is 25.7 Å². The van der Waals surface area contributed by atoms with Gasteiger partial charge < -0.3 is 14.6 Å². The van der Waals surface area contributed by atoms with Gasteiger partial charge in [0.05, 0.1) is 10.7 Å². The van der Waals surface area contributed by atoms with Crippen molar-refractivity contribution in [3.8, 4) is 22.8 Å². The van der Waals surface area contributed by atoms with Crippen molar-refractivity contribution < 1.29 is 19.4 Å². The molecule has 1 spiro atoms. The Hall–Kier alpha value is -2.21. The predicted molar refractivity (Wildman–Crippen MR) is 78.4 cm³/mol. The number of hydrogen-bond donors (Lipinski definition) is 2. The lowest BCUT2D eigenvalue weighted by Gasteiger charge is -2.21. The number of hydrogen-bond acceptors (Lipinski definition) is 4. The number of carboxylic acids is 1. The molecule has 114 valence electrons. The molecule has 1 aromatic heterocycles. The second kappa shape index (κ2) is 4.64. The topological polar surface area (TPSA) is 84.4 Å². The van der Waals surface area contributed by atoms with Crippen molar-refractivity contribution in [1.82, 2.24) is 10.2 Å². The highest BCUT2D eigenvalue weighted by Crippen LogP contribution is 2.49. The van der Waals surface area contributed by atoms with Crippen LogP contribution in [0.2, 0.25) is 5.02 Å². The van der Waals surface area contributed by atoms with Crippen LogP contribution in [0.25, 0.3) is 11.3 Å². The van der Waals surface area contributed by atoms with Gasteiger partial charge in [-0.25, -0.2) is 4.79 Å². The Morgan fingerprint density at radius 3 is 2.55 bits per heavy atom. The smallest absolute Gasteiger partial charge is 0.353 e. The van der Waals surface area contributed by atoms with Crippen LogP contribution >= 0.6 is 11.6 Å². The summed E-state index contributed by atoms with van der Waals surface area (Å²) in [6, 6.07) is 4.90. The second-order valence-corrected chi connectivity index (χ2v) is 5.98. The van der Waals surface area contributed by atoms with Crippen LogP contribution in [0.5, 0.6) is 11.5 Å². The highest BCUT2D eigenvalue weighted by atomic mass is 35.5. The Labute approximate surface area is 131 Å². The fourth-order valence-electron chi connectivity index (χ4n) is 3.00. The number of ether oxygens (including phenoxy) is 2. The molecule has 0 unspecified atom stereocenters. The molecule has 2 heterocycles. The van der Waals surface area contributed by atoms with Gasteiger partial charge in [-0.05, 0) is 25.0 Å². The van der Waals surface area contributed by atoms with Crippen LogP contribution in [-0.4, -0.2) is 27.1 Å². The third-order valence-electron chi connectivity index (χ3n) is 4.07. The summed E-state index contributed by atoms with van der Waals surface area (Å²) in [5.74, 6) is -0.367. The first-order valence-corrected chi connectivity index (χ1v) is 7.45. The van der Waals surface area contributed by atoms with Crippen LogP contribution in [0.4, 0.5) is 0 Å². The summed E-state index contributed by atoms with van der Waals surface area (Å²) in [5, 5.41) is 15.9. The maximum absolute atomic E-state index is 10.9. The van der Waals surface area contributed by atoms with Crippen molar-refractivity contribution in [3.05, 3.63) is 28.9 Å². The zero-order valence-corrected chi connectivity index (χ0v) is 12.3. The van der Waals surface area contributed by atoms with Gasteiger partial charge in [0, 0.05) is 24.5 Å². The molecule has 1 aliphatic heterocycles. The van der Waals surface area contributed by atoms with Crippen molar-refractivity contribution in [3.63, 3.8) is 0 Å². The molecule has 0 amide bonds. The number of benzene rings is 1. The molecule has 2 aromatic rings. The van der Waals surface area contributed by atoms with Crippen molar-refractivity contribution >= 4 is 17.6 Å². The van der Waals surface area contributed by atoms with E-state index >= 15 is 0 Å². The van der Waals surface area contributed by atoms with Crippen LogP contribution in [0, 0.1) is 0 Å². The zero-order chi connectivity index (χ0) is 15.3. The van der Waals surface area contributed by atoms with Crippen LogP contribution < -0.4 is 9.47 Å². The van der Waals surface area contributed by atoms with Crippen molar-refractivity contribution in [2.24, 2.45) is 0 Å². The molecule has 0 saturated heterocycles. The standard InChI is InChI=1S/C15H13ClN2O4/c16-9-6-13-12(21-15(22-13)3-1-2-4-15)5-8(9)10-7-11(14(19)20)18-17-10/h5-7H,1-4H2,(H,17,18)(H,19,20). The number of nitrogens with one attached hydrogen (secondary N) is 1. The molecular formula is C15H13ClN2O4. The fourth-order valence-corrected chi connectivity index (χ4v) is 3.25. The molecule has 0 atom stereocenters. The number of aromatic carboxylic acids is 1. The van der Waals surface area contributed by atoms with Crippen molar-refractivity contribution in [2.75, 3.05) is 0 Å². The zero-order valence-electron chi connectivity index (χ0n) is 11.6. The Balaban J connectivity index is 1.72. The minimum atomic E-state index is -1.07. The molecule has 22 heavy (non-hydrogen) atoms. The Kier molecular flexibility index (Phi) is 2.84. The number of fused-ring (bicyclic) bond motifs is 1. The maximum atomic E-state index is 10.9. The minimum absolute atomic E-state index is 0.0102. The van der Waals surface area contributed by atoms with E-state index in [1.807, 2.05) is 0 Å². The van der Waals surface area contributed by atoms with E-state index in [4.69, 9.17) is 26.2 Å². The molecule has 4 rings (SSSR count). The molecule has 2 N–H and O–H groups in total. The van der Waals surface area contributed by atoms with Crippen LogP contribution in [0.1, 0.15) is 36.2 Å². The summed E-state index contributed by atoms with van der Waals surface area (Å²) in [6.07, 6.45) is 3.88. The normalized spacial score (nSPS) is 18.0. The summed E-state index contributed by atoms with van der Waals surface area (Å²) in [4.78, 5) is 10.9. The highest BCUT2D eigenvalue weighted by molar-refractivity contribution is 6.33. The van der Waals surface area contributed by atoms with Crippen molar-refractivity contribution in [2.45, 2.75) is 31.5 Å². The van der Waals surface area contributed by atoms with Crippen molar-refractivity contribution in [1.29, 1.82) is 0 Å². The molecule has 0 radical (unpaired) electrons. The minimum Gasteiger partial charge on any atom is -0.477 e. The van der Waals surface area contributed by atoms with Crippen LogP contribution in [0.15, 0.2) is 18.2 Å². The quantitative estimate of drug-likeness (QED) is 0.885. The lowest BCUT2D eigenvalue weighted by Crippen LogP contribution is -2.34. The Morgan fingerprint density at radius 1 is 1.23 bits per heavy atom.